The highest BCUT2D eigenvalue weighted by atomic mass is 32.1. The molecule has 0 aliphatic heterocycles. The largest absolute Gasteiger partial charge is 0.358 e. The number of H-pyrrole nitrogens is 1. The van der Waals surface area contributed by atoms with Crippen LogP contribution in [-0.2, 0) is 0 Å². The minimum absolute atomic E-state index is 0.0996. The molecule has 29 heavy (non-hydrogen) atoms. The monoisotopic (exact) mass is 405 g/mol. The van der Waals surface area contributed by atoms with Crippen LogP contribution in [-0.4, -0.2) is 25.6 Å². The summed E-state index contributed by atoms with van der Waals surface area (Å²) >= 11 is 5.58. The first-order valence-corrected chi connectivity index (χ1v) is 10.3. The summed E-state index contributed by atoms with van der Waals surface area (Å²) < 4.78 is 0. The van der Waals surface area contributed by atoms with E-state index in [4.69, 9.17) is 22.2 Å². The van der Waals surface area contributed by atoms with E-state index in [1.165, 1.54) is 0 Å². The fraction of sp³-hybridized carbons (Fsp3) is 0.348. The molecule has 0 radical (unpaired) electrons. The van der Waals surface area contributed by atoms with E-state index < -0.39 is 0 Å². The van der Waals surface area contributed by atoms with Gasteiger partial charge in [0.05, 0.1) is 11.0 Å². The predicted molar refractivity (Wildman–Crippen MR) is 126 cm³/mol. The molecule has 150 valence electrons. The number of thiocarbonyl (C=S) groups is 1. The molecule has 4 rings (SSSR count). The Bertz CT molecular complexity index is 1220. The molecule has 0 aliphatic carbocycles. The summed E-state index contributed by atoms with van der Waals surface area (Å²) in [5.74, 6) is 0. The van der Waals surface area contributed by atoms with Gasteiger partial charge in [-0.2, -0.15) is 0 Å². The van der Waals surface area contributed by atoms with Crippen molar-refractivity contribution >= 4 is 56.1 Å². The van der Waals surface area contributed by atoms with Gasteiger partial charge >= 0.3 is 0 Å². The van der Waals surface area contributed by atoms with Gasteiger partial charge < -0.3 is 15.6 Å². The number of fused-ring (bicyclic) bond motifs is 4. The summed E-state index contributed by atoms with van der Waals surface area (Å²) in [4.78, 5) is 12.9. The molecule has 5 nitrogen and oxygen atoms in total. The molecule has 0 unspecified atom stereocenters. The van der Waals surface area contributed by atoms with Crippen molar-refractivity contribution in [3.8, 4) is 0 Å². The van der Waals surface area contributed by atoms with Crippen LogP contribution in [0.2, 0.25) is 0 Å². The molecule has 0 saturated heterocycles. The molecule has 4 aromatic rings. The van der Waals surface area contributed by atoms with Crippen molar-refractivity contribution in [2.45, 2.75) is 46.6 Å². The fourth-order valence-corrected chi connectivity index (χ4v) is 4.56. The summed E-state index contributed by atoms with van der Waals surface area (Å²) in [6.45, 7) is 11.1. The number of nitrogens with zero attached hydrogens (tertiary/aromatic N) is 2. The molecule has 0 saturated carbocycles. The SMILES string of the molecule is CC(C)(C)CC(C)(C)NC(=S)Nc1ccc2[nH]c3nc4ccccc4nc3c2c1. The number of aromatic nitrogens is 3. The van der Waals surface area contributed by atoms with Crippen LogP contribution in [0.1, 0.15) is 41.0 Å². The third-order valence-electron chi connectivity index (χ3n) is 4.78. The van der Waals surface area contributed by atoms with E-state index in [-0.39, 0.29) is 11.0 Å². The van der Waals surface area contributed by atoms with Crippen LogP contribution in [0.5, 0.6) is 0 Å². The summed E-state index contributed by atoms with van der Waals surface area (Å²) in [6, 6.07) is 14.0. The second-order valence-corrected chi connectivity index (χ2v) is 9.90. The minimum Gasteiger partial charge on any atom is -0.358 e. The van der Waals surface area contributed by atoms with Gasteiger partial charge in [-0.15, -0.1) is 0 Å². The Balaban J connectivity index is 1.62. The Morgan fingerprint density at radius 2 is 1.69 bits per heavy atom. The zero-order chi connectivity index (χ0) is 20.8. The van der Waals surface area contributed by atoms with Crippen LogP contribution in [0.15, 0.2) is 42.5 Å². The summed E-state index contributed by atoms with van der Waals surface area (Å²) in [5, 5.41) is 8.42. The van der Waals surface area contributed by atoms with E-state index in [1.807, 2.05) is 36.4 Å². The quantitative estimate of drug-likeness (QED) is 0.378. The minimum atomic E-state index is -0.0996. The molecule has 0 aliphatic rings. The first kappa shape index (κ1) is 19.6. The highest BCUT2D eigenvalue weighted by Gasteiger charge is 2.26. The Labute approximate surface area is 176 Å². The molecule has 2 aromatic heterocycles. The normalized spacial score (nSPS) is 12.6. The second kappa shape index (κ2) is 6.95. The Kier molecular flexibility index (Phi) is 4.69. The number of para-hydroxylation sites is 2. The Morgan fingerprint density at radius 3 is 2.38 bits per heavy atom. The average molecular weight is 406 g/mol. The highest BCUT2D eigenvalue weighted by Crippen LogP contribution is 2.28. The van der Waals surface area contributed by atoms with E-state index >= 15 is 0 Å². The van der Waals surface area contributed by atoms with Gasteiger partial charge in [0.2, 0.25) is 0 Å². The standard InChI is InChI=1S/C23H27N5S/c1-22(2,3)13-23(4,5)28-21(29)24-14-10-11-16-15(12-14)19-20(26-16)27-18-9-7-6-8-17(18)25-19/h6-12H,13H2,1-5H3,(H,26,27)(H2,24,28,29). The zero-order valence-electron chi connectivity index (χ0n) is 17.6. The lowest BCUT2D eigenvalue weighted by Crippen LogP contribution is -2.47. The number of hydrogen-bond acceptors (Lipinski definition) is 3. The van der Waals surface area contributed by atoms with Crippen LogP contribution in [0.3, 0.4) is 0 Å². The van der Waals surface area contributed by atoms with Gasteiger partial charge in [0.1, 0.15) is 5.52 Å². The van der Waals surface area contributed by atoms with Gasteiger partial charge in [-0.05, 0) is 68.2 Å². The van der Waals surface area contributed by atoms with Gasteiger partial charge in [0.15, 0.2) is 10.8 Å². The van der Waals surface area contributed by atoms with Gasteiger partial charge in [0, 0.05) is 22.1 Å². The molecule has 0 amide bonds. The molecule has 0 atom stereocenters. The first-order valence-electron chi connectivity index (χ1n) is 9.87. The van der Waals surface area contributed by atoms with E-state index in [0.717, 1.165) is 45.2 Å². The second-order valence-electron chi connectivity index (χ2n) is 9.50. The molecule has 2 aromatic carbocycles. The lowest BCUT2D eigenvalue weighted by atomic mass is 9.82. The van der Waals surface area contributed by atoms with Gasteiger partial charge in [0.25, 0.3) is 0 Å². The maximum atomic E-state index is 5.58. The van der Waals surface area contributed by atoms with Crippen molar-refractivity contribution < 1.29 is 0 Å². The summed E-state index contributed by atoms with van der Waals surface area (Å²) in [7, 11) is 0. The topological polar surface area (TPSA) is 65.6 Å². The summed E-state index contributed by atoms with van der Waals surface area (Å²) in [6.07, 6.45) is 1.01. The van der Waals surface area contributed by atoms with Crippen molar-refractivity contribution in [2.24, 2.45) is 5.41 Å². The van der Waals surface area contributed by atoms with E-state index in [2.05, 4.69) is 56.3 Å². The molecular formula is C23H27N5S. The van der Waals surface area contributed by atoms with Crippen LogP contribution in [0.25, 0.3) is 33.1 Å². The number of hydrogen-bond donors (Lipinski definition) is 3. The van der Waals surface area contributed by atoms with Crippen molar-refractivity contribution in [3.63, 3.8) is 0 Å². The number of benzene rings is 2. The van der Waals surface area contributed by atoms with Crippen LogP contribution < -0.4 is 10.6 Å². The van der Waals surface area contributed by atoms with Crippen molar-refractivity contribution in [2.75, 3.05) is 5.32 Å². The Hall–Kier alpha value is -2.73. The third-order valence-corrected chi connectivity index (χ3v) is 4.98. The van der Waals surface area contributed by atoms with E-state index in [0.29, 0.717) is 5.11 Å². The average Bonchev–Trinajstić information content (AvgIpc) is 2.94. The first-order chi connectivity index (χ1) is 13.6. The maximum absolute atomic E-state index is 5.58. The highest BCUT2D eigenvalue weighted by molar-refractivity contribution is 7.80. The third kappa shape index (κ3) is 4.32. The molecule has 3 N–H and O–H groups in total. The number of aromatic amines is 1. The molecule has 0 fully saturated rings. The van der Waals surface area contributed by atoms with Gasteiger partial charge in [-0.1, -0.05) is 32.9 Å². The van der Waals surface area contributed by atoms with E-state index in [1.54, 1.807) is 0 Å². The lowest BCUT2D eigenvalue weighted by molar-refractivity contribution is 0.268. The van der Waals surface area contributed by atoms with E-state index in [9.17, 15) is 0 Å². The van der Waals surface area contributed by atoms with Crippen molar-refractivity contribution in [1.82, 2.24) is 20.3 Å². The Morgan fingerprint density at radius 1 is 1.00 bits per heavy atom. The van der Waals surface area contributed by atoms with Crippen LogP contribution >= 0.6 is 12.2 Å². The molecule has 0 spiro atoms. The van der Waals surface area contributed by atoms with Crippen LogP contribution in [0.4, 0.5) is 5.69 Å². The molecule has 6 heteroatoms. The van der Waals surface area contributed by atoms with Gasteiger partial charge in [-0.3, -0.25) is 0 Å². The van der Waals surface area contributed by atoms with Crippen LogP contribution in [0, 0.1) is 5.41 Å². The van der Waals surface area contributed by atoms with Crippen molar-refractivity contribution in [3.05, 3.63) is 42.5 Å². The number of rotatable bonds is 3. The molecular weight excluding hydrogens is 378 g/mol. The zero-order valence-corrected chi connectivity index (χ0v) is 18.4. The molecule has 0 bridgehead atoms. The fourth-order valence-electron chi connectivity index (χ4n) is 4.17. The smallest absolute Gasteiger partial charge is 0.171 e. The number of anilines is 1. The van der Waals surface area contributed by atoms with Crippen molar-refractivity contribution in [1.29, 1.82) is 0 Å². The maximum Gasteiger partial charge on any atom is 0.171 e. The summed E-state index contributed by atoms with van der Waals surface area (Å²) in [5.41, 5.74) is 5.49. The predicted octanol–water partition coefficient (Wildman–Crippen LogP) is 5.77. The molecule has 2 heterocycles. The lowest BCUT2D eigenvalue weighted by Gasteiger charge is -2.34. The van der Waals surface area contributed by atoms with Gasteiger partial charge in [-0.25, -0.2) is 9.97 Å². The number of nitrogens with one attached hydrogen (secondary N) is 3.